The van der Waals surface area contributed by atoms with Crippen LogP contribution < -0.4 is 5.73 Å². The van der Waals surface area contributed by atoms with E-state index in [2.05, 4.69) is 9.97 Å². The van der Waals surface area contributed by atoms with Crippen LogP contribution in [0.3, 0.4) is 0 Å². The van der Waals surface area contributed by atoms with Crippen LogP contribution in [0.25, 0.3) is 11.0 Å². The number of hydrogen-bond donors (Lipinski definition) is 6. The number of phenols is 1. The Labute approximate surface area is 193 Å². The monoisotopic (exact) mass is 468 g/mol. The smallest absolute Gasteiger partial charge is 0.255 e. The van der Waals surface area contributed by atoms with Crippen molar-refractivity contribution in [3.8, 4) is 5.75 Å². The van der Waals surface area contributed by atoms with E-state index in [0.29, 0.717) is 11.1 Å². The van der Waals surface area contributed by atoms with Crippen LogP contribution in [-0.4, -0.2) is 78.5 Å². The SMILES string of the molecule is C[C@H]1c2cc3nc[nH]c3c(O)c2C(=O)C2=C(O)[C@]3(O)C(=O)C(C(N)=O)=C(O)[C@@H](N(C)C)[C@@H]3C[C@@H]21. The maximum Gasteiger partial charge on any atom is 0.255 e. The summed E-state index contributed by atoms with van der Waals surface area (Å²) in [5.41, 5.74) is 2.83. The number of H-pyrrole nitrogens is 1. The van der Waals surface area contributed by atoms with Gasteiger partial charge in [-0.05, 0) is 44.0 Å². The van der Waals surface area contributed by atoms with E-state index >= 15 is 0 Å². The van der Waals surface area contributed by atoms with Crippen molar-refractivity contribution >= 4 is 28.5 Å². The zero-order chi connectivity index (χ0) is 24.9. The van der Waals surface area contributed by atoms with Crippen LogP contribution in [0, 0.1) is 11.8 Å². The molecule has 0 fully saturated rings. The van der Waals surface area contributed by atoms with Gasteiger partial charge in [-0.25, -0.2) is 4.98 Å². The van der Waals surface area contributed by atoms with Crippen molar-refractivity contribution in [1.82, 2.24) is 14.9 Å². The number of allylic oxidation sites excluding steroid dienone is 1. The Morgan fingerprint density at radius 1 is 1.26 bits per heavy atom. The number of carbonyl (C=O) groups excluding carboxylic acids is 3. The minimum Gasteiger partial charge on any atom is -0.510 e. The molecule has 0 aliphatic heterocycles. The van der Waals surface area contributed by atoms with Crippen molar-refractivity contribution in [3.63, 3.8) is 0 Å². The topological polar surface area (TPSA) is 190 Å². The summed E-state index contributed by atoms with van der Waals surface area (Å²) in [6.07, 6.45) is 1.42. The molecule has 0 radical (unpaired) electrons. The summed E-state index contributed by atoms with van der Waals surface area (Å²) in [5.74, 6) is -7.19. The Morgan fingerprint density at radius 3 is 2.56 bits per heavy atom. The average Bonchev–Trinajstić information content (AvgIpc) is 3.23. The molecule has 178 valence electrons. The van der Waals surface area contributed by atoms with Gasteiger partial charge in [0.05, 0.1) is 23.4 Å². The number of likely N-dealkylation sites (N-methyl/N-ethyl adjacent to an activating group) is 1. The summed E-state index contributed by atoms with van der Waals surface area (Å²) in [7, 11) is 3.17. The first-order chi connectivity index (χ1) is 15.9. The Kier molecular flexibility index (Phi) is 4.49. The molecule has 0 saturated carbocycles. The summed E-state index contributed by atoms with van der Waals surface area (Å²) < 4.78 is 0. The molecule has 11 heteroatoms. The molecule has 1 aromatic carbocycles. The molecule has 5 rings (SSSR count). The van der Waals surface area contributed by atoms with Crippen molar-refractivity contribution in [3.05, 3.63) is 46.2 Å². The summed E-state index contributed by atoms with van der Waals surface area (Å²) in [4.78, 5) is 47.4. The summed E-state index contributed by atoms with van der Waals surface area (Å²) in [6.45, 7) is 1.81. The Hall–Kier alpha value is -3.70. The number of nitrogens with one attached hydrogen (secondary N) is 1. The van der Waals surface area contributed by atoms with Crippen LogP contribution in [0.2, 0.25) is 0 Å². The number of aliphatic hydroxyl groups is 3. The van der Waals surface area contributed by atoms with Gasteiger partial charge in [-0.2, -0.15) is 0 Å². The summed E-state index contributed by atoms with van der Waals surface area (Å²) >= 11 is 0. The lowest BCUT2D eigenvalue weighted by molar-refractivity contribution is -0.148. The molecule has 0 saturated heterocycles. The third-order valence-corrected chi connectivity index (χ3v) is 7.61. The number of Topliss-reactive ketones (excluding diaryl/α,β-unsaturated/α-hetero) is 2. The van der Waals surface area contributed by atoms with E-state index in [1.54, 1.807) is 20.2 Å². The lowest BCUT2D eigenvalue weighted by Crippen LogP contribution is -2.64. The second kappa shape index (κ2) is 6.90. The van der Waals surface area contributed by atoms with Crippen molar-refractivity contribution < 1.29 is 34.8 Å². The molecule has 7 N–H and O–H groups in total. The number of primary amides is 1. The number of fused-ring (bicyclic) bond motifs is 4. The van der Waals surface area contributed by atoms with Gasteiger partial charge in [0.2, 0.25) is 5.78 Å². The number of amides is 1. The third kappa shape index (κ3) is 2.48. The van der Waals surface area contributed by atoms with Gasteiger partial charge in [-0.3, -0.25) is 19.3 Å². The number of aromatic amines is 1. The molecule has 0 bridgehead atoms. The highest BCUT2D eigenvalue weighted by molar-refractivity contribution is 6.25. The number of rotatable bonds is 2. The largest absolute Gasteiger partial charge is 0.510 e. The number of phenolic OH excluding ortho intramolecular Hbond substituents is 1. The number of aromatic nitrogens is 2. The minimum absolute atomic E-state index is 0.0340. The van der Waals surface area contributed by atoms with Crippen molar-refractivity contribution in [2.24, 2.45) is 17.6 Å². The minimum atomic E-state index is -2.65. The van der Waals surface area contributed by atoms with Gasteiger partial charge in [-0.15, -0.1) is 0 Å². The predicted octanol–water partition coefficient (Wildman–Crippen LogP) is 0.558. The van der Waals surface area contributed by atoms with Crippen LogP contribution in [0.15, 0.2) is 35.1 Å². The highest BCUT2D eigenvalue weighted by Crippen LogP contribution is 2.55. The molecular weight excluding hydrogens is 444 g/mol. The van der Waals surface area contributed by atoms with Crippen LogP contribution in [0.1, 0.15) is 35.2 Å². The zero-order valence-electron chi connectivity index (χ0n) is 18.7. The molecule has 3 aliphatic carbocycles. The first kappa shape index (κ1) is 22.1. The molecule has 0 unspecified atom stereocenters. The van der Waals surface area contributed by atoms with E-state index in [0.717, 1.165) is 0 Å². The van der Waals surface area contributed by atoms with Gasteiger partial charge in [0.1, 0.15) is 22.6 Å². The van der Waals surface area contributed by atoms with E-state index in [9.17, 15) is 34.8 Å². The number of benzene rings is 1. The Balaban J connectivity index is 1.79. The fourth-order valence-corrected chi connectivity index (χ4v) is 6.00. The number of carbonyl (C=O) groups is 3. The van der Waals surface area contributed by atoms with E-state index in [1.807, 2.05) is 6.92 Å². The first-order valence-electron chi connectivity index (χ1n) is 10.8. The fourth-order valence-electron chi connectivity index (χ4n) is 6.00. The van der Waals surface area contributed by atoms with Gasteiger partial charge < -0.3 is 31.1 Å². The number of aliphatic hydroxyl groups excluding tert-OH is 2. The first-order valence-corrected chi connectivity index (χ1v) is 10.8. The number of aromatic hydroxyl groups is 1. The molecule has 11 nitrogen and oxygen atoms in total. The molecule has 1 amide bonds. The second-order valence-corrected chi connectivity index (χ2v) is 9.44. The third-order valence-electron chi connectivity index (χ3n) is 7.61. The number of imidazole rings is 1. The van der Waals surface area contributed by atoms with Crippen molar-refractivity contribution in [2.45, 2.75) is 30.9 Å². The predicted molar refractivity (Wildman–Crippen MR) is 118 cm³/mol. The number of nitrogens with zero attached hydrogens (tertiary/aromatic N) is 2. The molecule has 2 aromatic rings. The number of nitrogens with two attached hydrogens (primary N) is 1. The van der Waals surface area contributed by atoms with Gasteiger partial charge >= 0.3 is 0 Å². The Bertz CT molecular complexity index is 1370. The van der Waals surface area contributed by atoms with Crippen LogP contribution in [-0.2, 0) is 9.59 Å². The molecule has 5 atom stereocenters. The maximum atomic E-state index is 13.6. The molecule has 1 heterocycles. The molecule has 1 aromatic heterocycles. The van der Waals surface area contributed by atoms with Crippen LogP contribution >= 0.6 is 0 Å². The highest BCUT2D eigenvalue weighted by Gasteiger charge is 2.63. The van der Waals surface area contributed by atoms with Gasteiger partial charge in [-0.1, -0.05) is 6.92 Å². The molecule has 3 aliphatic rings. The summed E-state index contributed by atoms with van der Waals surface area (Å²) in [6, 6.07) is 0.663. The van der Waals surface area contributed by atoms with E-state index in [4.69, 9.17) is 5.73 Å². The van der Waals surface area contributed by atoms with Gasteiger partial charge in [0.25, 0.3) is 5.91 Å². The van der Waals surface area contributed by atoms with Crippen molar-refractivity contribution in [1.29, 1.82) is 0 Å². The summed E-state index contributed by atoms with van der Waals surface area (Å²) in [5, 5.41) is 44.5. The second-order valence-electron chi connectivity index (χ2n) is 9.44. The molecular formula is C23H24N4O7. The van der Waals surface area contributed by atoms with E-state index < -0.39 is 64.0 Å². The number of hydrogen-bond acceptors (Lipinski definition) is 9. The quantitative estimate of drug-likeness (QED) is 0.342. The molecule has 0 spiro atoms. The van der Waals surface area contributed by atoms with Gasteiger partial charge in [0.15, 0.2) is 17.1 Å². The lowest BCUT2D eigenvalue weighted by atomic mass is 9.56. The van der Waals surface area contributed by atoms with Crippen molar-refractivity contribution in [2.75, 3.05) is 14.1 Å². The van der Waals surface area contributed by atoms with E-state index in [-0.39, 0.29) is 28.8 Å². The Morgan fingerprint density at radius 2 is 1.94 bits per heavy atom. The van der Waals surface area contributed by atoms with Crippen LogP contribution in [0.4, 0.5) is 0 Å². The zero-order valence-corrected chi connectivity index (χ0v) is 18.7. The van der Waals surface area contributed by atoms with Crippen LogP contribution in [0.5, 0.6) is 5.75 Å². The fraction of sp³-hybridized carbons (Fsp3) is 0.391. The molecule has 34 heavy (non-hydrogen) atoms. The number of ketones is 2. The normalized spacial score (nSPS) is 31.1. The van der Waals surface area contributed by atoms with Gasteiger partial charge in [0, 0.05) is 11.5 Å². The highest BCUT2D eigenvalue weighted by atomic mass is 16.3. The van der Waals surface area contributed by atoms with E-state index in [1.165, 1.54) is 11.2 Å². The standard InChI is InChI=1S/C23H24N4O7/c1-7-8-4-10-16(27(2)3)19(30)14(22(24)33)21(32)23(10,34)20(31)13(8)17(28)12-9(7)5-11-15(18(12)29)26-6-25-11/h5-8,10,16,29-31,34H,4H2,1-3H3,(H2,24,33)(H,25,26)/t7-,8-,10+,16+,23+/m1/s1. The average molecular weight is 468 g/mol. The maximum absolute atomic E-state index is 13.6. The lowest BCUT2D eigenvalue weighted by Gasteiger charge is -2.51.